The number of hydrogen-bond donors (Lipinski definition) is 4. The summed E-state index contributed by atoms with van der Waals surface area (Å²) in [5.74, 6) is -4.13. The number of allylic oxidation sites excluding steroid dienone is 2. The molecule has 7 heteroatoms. The zero-order valence-corrected chi connectivity index (χ0v) is 8.95. The van der Waals surface area contributed by atoms with E-state index in [1.165, 1.54) is 0 Å². The molecule has 0 radical (unpaired) electrons. The van der Waals surface area contributed by atoms with E-state index in [1.54, 1.807) is 0 Å². The number of phenolic OH excluding ortho intramolecular Hbond substituents is 3. The second-order valence-electron chi connectivity index (χ2n) is 3.40. The minimum atomic E-state index is -0.853. The molecule has 0 aliphatic heterocycles. The maximum atomic E-state index is 11.6. The van der Waals surface area contributed by atoms with E-state index in [-0.39, 0.29) is 0 Å². The van der Waals surface area contributed by atoms with Crippen molar-refractivity contribution < 1.29 is 24.9 Å². The molecule has 0 amide bonds. The van der Waals surface area contributed by atoms with Gasteiger partial charge in [0.1, 0.15) is 5.69 Å². The molecule has 0 aromatic heterocycles. The summed E-state index contributed by atoms with van der Waals surface area (Å²) in [6.45, 7) is 0. The molecule has 0 spiro atoms. The number of phenols is 3. The Balaban J connectivity index is 2.93. The topological polar surface area (TPSA) is 121 Å². The maximum absolute atomic E-state index is 11.6. The van der Waals surface area contributed by atoms with E-state index in [1.807, 2.05) is 0 Å². The third-order valence-electron chi connectivity index (χ3n) is 2.41. The van der Waals surface area contributed by atoms with E-state index in [9.17, 15) is 24.9 Å². The molecule has 5 N–H and O–H groups in total. The molecule has 0 unspecified atom stereocenters. The Hall–Kier alpha value is -2.21. The number of fused-ring (bicyclic) bond motifs is 1. The van der Waals surface area contributed by atoms with Crippen molar-refractivity contribution in [3.05, 3.63) is 22.2 Å². The summed E-state index contributed by atoms with van der Waals surface area (Å²) in [6.07, 6.45) is 0.793. The Labute approximate surface area is 99.5 Å². The number of carbonyl (C=O) groups excluding carboxylic acids is 2. The molecule has 17 heavy (non-hydrogen) atoms. The van der Waals surface area contributed by atoms with Crippen molar-refractivity contribution in [2.75, 3.05) is 5.73 Å². The first kappa shape index (κ1) is 11.3. The first-order chi connectivity index (χ1) is 7.86. The van der Waals surface area contributed by atoms with Crippen molar-refractivity contribution in [3.63, 3.8) is 0 Å². The third-order valence-corrected chi connectivity index (χ3v) is 2.69. The zero-order valence-electron chi connectivity index (χ0n) is 8.19. The average Bonchev–Trinajstić information content (AvgIpc) is 2.28. The van der Waals surface area contributed by atoms with Gasteiger partial charge in [0.05, 0.1) is 16.2 Å². The summed E-state index contributed by atoms with van der Waals surface area (Å²) in [5.41, 5.74) is 3.67. The van der Waals surface area contributed by atoms with Gasteiger partial charge in [0.15, 0.2) is 23.0 Å². The summed E-state index contributed by atoms with van der Waals surface area (Å²) >= 11 is 5.50. The summed E-state index contributed by atoms with van der Waals surface area (Å²) in [4.78, 5) is 23.2. The summed E-state index contributed by atoms with van der Waals surface area (Å²) in [6, 6.07) is 0. The molecule has 88 valence electrons. The molecule has 0 fully saturated rings. The molecule has 0 heterocycles. The molecule has 2 rings (SSSR count). The van der Waals surface area contributed by atoms with Gasteiger partial charge in [-0.25, -0.2) is 0 Å². The van der Waals surface area contributed by atoms with Gasteiger partial charge in [-0.05, 0) is 0 Å². The number of nitrogens with two attached hydrogens (primary N) is 1. The average molecular weight is 256 g/mol. The van der Waals surface area contributed by atoms with Crippen LogP contribution >= 0.6 is 11.6 Å². The van der Waals surface area contributed by atoms with Crippen LogP contribution in [0.4, 0.5) is 5.69 Å². The molecule has 1 aliphatic carbocycles. The van der Waals surface area contributed by atoms with Crippen LogP contribution < -0.4 is 5.73 Å². The monoisotopic (exact) mass is 255 g/mol. The predicted octanol–water partition coefficient (Wildman–Crippen LogP) is 0.887. The highest BCUT2D eigenvalue weighted by atomic mass is 35.5. The number of ketones is 2. The molecular weight excluding hydrogens is 250 g/mol. The predicted molar refractivity (Wildman–Crippen MR) is 58.4 cm³/mol. The second kappa shape index (κ2) is 3.39. The normalized spacial score (nSPS) is 14.5. The Morgan fingerprint density at radius 1 is 1.00 bits per heavy atom. The molecule has 0 saturated carbocycles. The maximum Gasteiger partial charge on any atom is 0.209 e. The number of rotatable bonds is 0. The fourth-order valence-electron chi connectivity index (χ4n) is 1.56. The van der Waals surface area contributed by atoms with Crippen LogP contribution in [0.25, 0.3) is 0 Å². The van der Waals surface area contributed by atoms with Crippen LogP contribution in [-0.4, -0.2) is 26.9 Å². The molecule has 6 nitrogen and oxygen atoms in total. The van der Waals surface area contributed by atoms with Gasteiger partial charge in [0.2, 0.25) is 5.78 Å². The number of aromatic hydroxyl groups is 3. The highest BCUT2D eigenvalue weighted by Crippen LogP contribution is 2.46. The summed E-state index contributed by atoms with van der Waals surface area (Å²) < 4.78 is 0. The summed E-state index contributed by atoms with van der Waals surface area (Å²) in [5, 5.41) is 28.1. The van der Waals surface area contributed by atoms with Crippen LogP contribution in [0.1, 0.15) is 20.7 Å². The zero-order chi connectivity index (χ0) is 12.9. The Morgan fingerprint density at radius 2 is 1.59 bits per heavy atom. The van der Waals surface area contributed by atoms with Crippen LogP contribution in [0.3, 0.4) is 0 Å². The standard InChI is InChI=1S/C10H6ClNO5/c11-2-1-3(13)4-5(7(2)14)8(15)6(12)10(17)9(4)16/h1,15-17H,12H2. The molecule has 1 aromatic rings. The third kappa shape index (κ3) is 1.34. The quantitative estimate of drug-likeness (QED) is 0.310. The fraction of sp³-hybridized carbons (Fsp3) is 0. The van der Waals surface area contributed by atoms with Gasteiger partial charge in [-0.1, -0.05) is 11.6 Å². The molecule has 1 aromatic carbocycles. The number of nitrogen functional groups attached to an aromatic ring is 1. The first-order valence-corrected chi connectivity index (χ1v) is 4.76. The number of carbonyl (C=O) groups is 2. The van der Waals surface area contributed by atoms with Crippen molar-refractivity contribution in [3.8, 4) is 17.2 Å². The smallest absolute Gasteiger partial charge is 0.209 e. The lowest BCUT2D eigenvalue weighted by Crippen LogP contribution is -2.16. The Bertz CT molecular complexity index is 605. The van der Waals surface area contributed by atoms with Gasteiger partial charge in [0.25, 0.3) is 0 Å². The van der Waals surface area contributed by atoms with Crippen molar-refractivity contribution in [1.29, 1.82) is 0 Å². The first-order valence-electron chi connectivity index (χ1n) is 4.38. The molecule has 0 saturated heterocycles. The molecule has 0 atom stereocenters. The second-order valence-corrected chi connectivity index (χ2v) is 3.80. The highest BCUT2D eigenvalue weighted by molar-refractivity contribution is 6.49. The number of benzene rings is 1. The van der Waals surface area contributed by atoms with Crippen molar-refractivity contribution in [1.82, 2.24) is 0 Å². The lowest BCUT2D eigenvalue weighted by Gasteiger charge is -2.16. The number of anilines is 1. The van der Waals surface area contributed by atoms with Crippen molar-refractivity contribution in [2.24, 2.45) is 0 Å². The van der Waals surface area contributed by atoms with Crippen LogP contribution in [0.5, 0.6) is 17.2 Å². The van der Waals surface area contributed by atoms with Crippen molar-refractivity contribution >= 4 is 28.9 Å². The van der Waals surface area contributed by atoms with E-state index < -0.39 is 50.7 Å². The molecule has 0 bridgehead atoms. The Kier molecular flexibility index (Phi) is 2.25. The number of hydrogen-bond acceptors (Lipinski definition) is 6. The van der Waals surface area contributed by atoms with Crippen LogP contribution in [0.2, 0.25) is 0 Å². The fourth-order valence-corrected chi connectivity index (χ4v) is 1.76. The lowest BCUT2D eigenvalue weighted by molar-refractivity contribution is 0.0985. The lowest BCUT2D eigenvalue weighted by atomic mass is 9.91. The SMILES string of the molecule is Nc1c(O)c(O)c2c(c1O)C(=O)C(Cl)=CC2=O. The van der Waals surface area contributed by atoms with Gasteiger partial charge in [-0.2, -0.15) is 0 Å². The van der Waals surface area contributed by atoms with Crippen LogP contribution in [0.15, 0.2) is 11.1 Å². The van der Waals surface area contributed by atoms with Crippen molar-refractivity contribution in [2.45, 2.75) is 0 Å². The van der Waals surface area contributed by atoms with Gasteiger partial charge in [-0.3, -0.25) is 9.59 Å². The van der Waals surface area contributed by atoms with E-state index in [2.05, 4.69) is 0 Å². The van der Waals surface area contributed by atoms with E-state index in [4.69, 9.17) is 17.3 Å². The van der Waals surface area contributed by atoms with Gasteiger partial charge < -0.3 is 21.1 Å². The van der Waals surface area contributed by atoms with Gasteiger partial charge in [-0.15, -0.1) is 0 Å². The Morgan fingerprint density at radius 3 is 2.18 bits per heavy atom. The molecular formula is C10H6ClNO5. The summed E-state index contributed by atoms with van der Waals surface area (Å²) in [7, 11) is 0. The largest absolute Gasteiger partial charge is 0.505 e. The van der Waals surface area contributed by atoms with Crippen LogP contribution in [0, 0.1) is 0 Å². The minimum absolute atomic E-state index is 0.401. The van der Waals surface area contributed by atoms with E-state index >= 15 is 0 Å². The van der Waals surface area contributed by atoms with Gasteiger partial charge >= 0.3 is 0 Å². The van der Waals surface area contributed by atoms with Crippen LogP contribution in [-0.2, 0) is 0 Å². The highest BCUT2D eigenvalue weighted by Gasteiger charge is 2.34. The van der Waals surface area contributed by atoms with Gasteiger partial charge in [0, 0.05) is 6.08 Å². The molecule has 1 aliphatic rings. The van der Waals surface area contributed by atoms with E-state index in [0.717, 1.165) is 6.08 Å². The van der Waals surface area contributed by atoms with E-state index in [0.29, 0.717) is 0 Å². The number of Topliss-reactive ketones (excluding diaryl/α,β-unsaturated/α-hetero) is 1. The number of halogens is 1. The minimum Gasteiger partial charge on any atom is -0.505 e.